The summed E-state index contributed by atoms with van der Waals surface area (Å²) in [5, 5.41) is 5.84. The molecule has 37 heavy (non-hydrogen) atoms. The van der Waals surface area contributed by atoms with Crippen molar-refractivity contribution in [2.75, 3.05) is 56.3 Å². The van der Waals surface area contributed by atoms with Crippen LogP contribution in [0, 0.1) is 5.92 Å². The monoisotopic (exact) mass is 513 g/mol. The first-order valence-electron chi connectivity index (χ1n) is 13.0. The van der Waals surface area contributed by atoms with Gasteiger partial charge in [-0.05, 0) is 51.0 Å². The van der Waals surface area contributed by atoms with Gasteiger partial charge in [0.25, 0.3) is 5.91 Å². The Bertz CT molecular complexity index is 1030. The molecule has 2 N–H and O–H groups in total. The van der Waals surface area contributed by atoms with Gasteiger partial charge in [-0.3, -0.25) is 9.59 Å². The van der Waals surface area contributed by atoms with Crippen molar-refractivity contribution in [3.63, 3.8) is 0 Å². The van der Waals surface area contributed by atoms with E-state index in [2.05, 4.69) is 15.5 Å². The molecule has 2 amide bonds. The number of nitrogens with one attached hydrogen (secondary N) is 2. The second kappa shape index (κ2) is 13.7. The van der Waals surface area contributed by atoms with Gasteiger partial charge in [-0.25, -0.2) is 0 Å². The van der Waals surface area contributed by atoms with Crippen LogP contribution in [-0.4, -0.2) is 64.0 Å². The zero-order chi connectivity index (χ0) is 26.8. The predicted molar refractivity (Wildman–Crippen MR) is 144 cm³/mol. The average Bonchev–Trinajstić information content (AvgIpc) is 2.89. The first-order chi connectivity index (χ1) is 17.9. The summed E-state index contributed by atoms with van der Waals surface area (Å²) >= 11 is 0. The van der Waals surface area contributed by atoms with Crippen LogP contribution in [0.5, 0.6) is 17.2 Å². The Morgan fingerprint density at radius 2 is 1.54 bits per heavy atom. The fourth-order valence-corrected chi connectivity index (χ4v) is 4.08. The van der Waals surface area contributed by atoms with Crippen LogP contribution in [0.4, 0.5) is 11.4 Å². The number of nitrogens with zero attached hydrogens (tertiary/aromatic N) is 1. The standard InChI is InChI=1S/C28H39N3O6/c1-6-35-21-11-9-20(10-12-21)27(32)30-26(19(4)5)28(33)29-22-17-25(37-8-3)23(18-24(22)36-7-2)31-13-15-34-16-14-31/h9-12,17-19,26H,6-8,13-16H2,1-5H3,(H,29,33)(H,30,32)/t26-/m0/s1. The molecule has 2 aromatic rings. The number of amides is 2. The minimum absolute atomic E-state index is 0.152. The second-order valence-electron chi connectivity index (χ2n) is 8.92. The van der Waals surface area contributed by atoms with Crippen LogP contribution in [0.2, 0.25) is 0 Å². The summed E-state index contributed by atoms with van der Waals surface area (Å²) in [7, 11) is 0. The van der Waals surface area contributed by atoms with Gasteiger partial charge < -0.3 is 34.5 Å². The maximum atomic E-state index is 13.4. The smallest absolute Gasteiger partial charge is 0.251 e. The Morgan fingerprint density at radius 3 is 2.14 bits per heavy atom. The Labute approximate surface area is 219 Å². The van der Waals surface area contributed by atoms with E-state index in [1.807, 2.05) is 40.7 Å². The molecule has 9 heteroatoms. The average molecular weight is 514 g/mol. The number of carbonyl (C=O) groups is 2. The van der Waals surface area contributed by atoms with E-state index in [-0.39, 0.29) is 17.7 Å². The maximum Gasteiger partial charge on any atom is 0.251 e. The molecule has 9 nitrogen and oxygen atoms in total. The summed E-state index contributed by atoms with van der Waals surface area (Å²) in [6.07, 6.45) is 0. The maximum absolute atomic E-state index is 13.4. The highest BCUT2D eigenvalue weighted by atomic mass is 16.5. The summed E-state index contributed by atoms with van der Waals surface area (Å²) in [4.78, 5) is 28.5. The number of rotatable bonds is 12. The molecule has 2 aromatic carbocycles. The normalized spacial score (nSPS) is 14.2. The third kappa shape index (κ3) is 7.52. The van der Waals surface area contributed by atoms with Gasteiger partial charge >= 0.3 is 0 Å². The van der Waals surface area contributed by atoms with E-state index in [4.69, 9.17) is 18.9 Å². The summed E-state index contributed by atoms with van der Waals surface area (Å²) in [6, 6.07) is 9.78. The molecular weight excluding hydrogens is 474 g/mol. The number of morpholine rings is 1. The summed E-state index contributed by atoms with van der Waals surface area (Å²) < 4.78 is 22.8. The van der Waals surface area contributed by atoms with Gasteiger partial charge in [-0.2, -0.15) is 0 Å². The summed E-state index contributed by atoms with van der Waals surface area (Å²) in [5.74, 6) is 1.06. The molecule has 0 unspecified atom stereocenters. The minimum atomic E-state index is -0.761. The van der Waals surface area contributed by atoms with Crippen LogP contribution in [0.15, 0.2) is 36.4 Å². The predicted octanol–water partition coefficient (Wildman–Crippen LogP) is 4.11. The quantitative estimate of drug-likeness (QED) is 0.441. The zero-order valence-corrected chi connectivity index (χ0v) is 22.5. The van der Waals surface area contributed by atoms with Crippen molar-refractivity contribution in [2.45, 2.75) is 40.7 Å². The largest absolute Gasteiger partial charge is 0.494 e. The lowest BCUT2D eigenvalue weighted by Gasteiger charge is -2.31. The number of hydrogen-bond acceptors (Lipinski definition) is 7. The van der Waals surface area contributed by atoms with Crippen LogP contribution in [0.3, 0.4) is 0 Å². The molecule has 0 spiro atoms. The fraction of sp³-hybridized carbons (Fsp3) is 0.500. The van der Waals surface area contributed by atoms with E-state index in [0.29, 0.717) is 61.5 Å². The van der Waals surface area contributed by atoms with Gasteiger partial charge in [-0.15, -0.1) is 0 Å². The van der Waals surface area contributed by atoms with Crippen molar-refractivity contribution < 1.29 is 28.5 Å². The van der Waals surface area contributed by atoms with E-state index in [0.717, 1.165) is 18.8 Å². The number of ether oxygens (including phenoxy) is 4. The minimum Gasteiger partial charge on any atom is -0.494 e. The molecule has 0 saturated carbocycles. The number of hydrogen-bond donors (Lipinski definition) is 2. The molecule has 0 aromatic heterocycles. The lowest BCUT2D eigenvalue weighted by atomic mass is 10.0. The van der Waals surface area contributed by atoms with Crippen molar-refractivity contribution in [1.82, 2.24) is 5.32 Å². The highest BCUT2D eigenvalue weighted by Crippen LogP contribution is 2.39. The molecular formula is C28H39N3O6. The molecule has 0 bridgehead atoms. The highest BCUT2D eigenvalue weighted by molar-refractivity contribution is 6.02. The molecule has 1 saturated heterocycles. The van der Waals surface area contributed by atoms with Gasteiger partial charge in [0.2, 0.25) is 5.91 Å². The van der Waals surface area contributed by atoms with Crippen molar-refractivity contribution in [2.24, 2.45) is 5.92 Å². The highest BCUT2D eigenvalue weighted by Gasteiger charge is 2.27. The number of carbonyl (C=O) groups excluding carboxylic acids is 2. The van der Waals surface area contributed by atoms with Gasteiger partial charge in [0, 0.05) is 30.8 Å². The topological polar surface area (TPSA) is 98.4 Å². The second-order valence-corrected chi connectivity index (χ2v) is 8.92. The number of benzene rings is 2. The van der Waals surface area contributed by atoms with E-state index in [1.54, 1.807) is 30.3 Å². The lowest BCUT2D eigenvalue weighted by molar-refractivity contribution is -0.118. The Kier molecular flexibility index (Phi) is 10.4. The fourth-order valence-electron chi connectivity index (χ4n) is 4.08. The Morgan fingerprint density at radius 1 is 0.919 bits per heavy atom. The van der Waals surface area contributed by atoms with Crippen molar-refractivity contribution >= 4 is 23.2 Å². The summed E-state index contributed by atoms with van der Waals surface area (Å²) in [6.45, 7) is 13.7. The third-order valence-electron chi connectivity index (χ3n) is 5.93. The number of anilines is 2. The van der Waals surface area contributed by atoms with Crippen molar-refractivity contribution in [3.05, 3.63) is 42.0 Å². The summed E-state index contributed by atoms with van der Waals surface area (Å²) in [5.41, 5.74) is 1.84. The van der Waals surface area contributed by atoms with E-state index in [1.165, 1.54) is 0 Å². The Hall–Kier alpha value is -3.46. The van der Waals surface area contributed by atoms with Crippen molar-refractivity contribution in [3.8, 4) is 17.2 Å². The molecule has 1 aliphatic rings. The van der Waals surface area contributed by atoms with Gasteiger partial charge in [-0.1, -0.05) is 13.8 Å². The SMILES string of the molecule is CCOc1ccc(C(=O)N[C@H](C(=O)Nc2cc(OCC)c(N3CCOCC3)cc2OCC)C(C)C)cc1. The van der Waals surface area contributed by atoms with Crippen LogP contribution in [-0.2, 0) is 9.53 Å². The van der Waals surface area contributed by atoms with E-state index >= 15 is 0 Å². The molecule has 1 fully saturated rings. The molecule has 0 radical (unpaired) electrons. The first kappa shape index (κ1) is 28.1. The molecule has 1 atom stereocenters. The molecule has 1 aliphatic heterocycles. The molecule has 202 valence electrons. The van der Waals surface area contributed by atoms with Gasteiger partial charge in [0.1, 0.15) is 23.3 Å². The van der Waals surface area contributed by atoms with Crippen molar-refractivity contribution in [1.29, 1.82) is 0 Å². The first-order valence-corrected chi connectivity index (χ1v) is 13.0. The van der Waals surface area contributed by atoms with Gasteiger partial charge in [0.05, 0.1) is 44.4 Å². The zero-order valence-electron chi connectivity index (χ0n) is 22.5. The Balaban J connectivity index is 1.82. The van der Waals surface area contributed by atoms with Crippen LogP contribution >= 0.6 is 0 Å². The molecule has 3 rings (SSSR count). The van der Waals surface area contributed by atoms with Crippen LogP contribution in [0.25, 0.3) is 0 Å². The van der Waals surface area contributed by atoms with E-state index < -0.39 is 6.04 Å². The van der Waals surface area contributed by atoms with Crippen LogP contribution in [0.1, 0.15) is 45.0 Å². The lowest BCUT2D eigenvalue weighted by Crippen LogP contribution is -2.47. The molecule has 0 aliphatic carbocycles. The molecule has 1 heterocycles. The van der Waals surface area contributed by atoms with Crippen LogP contribution < -0.4 is 29.7 Å². The van der Waals surface area contributed by atoms with E-state index in [9.17, 15) is 9.59 Å². The third-order valence-corrected chi connectivity index (χ3v) is 5.93. The van der Waals surface area contributed by atoms with Gasteiger partial charge in [0.15, 0.2) is 0 Å².